The van der Waals surface area contributed by atoms with Crippen LogP contribution in [0.4, 0.5) is 0 Å². The monoisotopic (exact) mass is 271 g/mol. The largest absolute Gasteiger partial charge is 0.493 e. The van der Waals surface area contributed by atoms with Gasteiger partial charge in [0.15, 0.2) is 0 Å². The SMILES string of the molecule is O=C=NC1(c2c3c(cc4c2OCCC4)OCCC3)CC1. The van der Waals surface area contributed by atoms with Crippen LogP contribution in [-0.2, 0) is 23.2 Å². The number of aliphatic imine (C=N–C) groups is 1. The Morgan fingerprint density at radius 3 is 2.75 bits per heavy atom. The van der Waals surface area contributed by atoms with Crippen LogP contribution in [0, 0.1) is 0 Å². The maximum absolute atomic E-state index is 10.8. The van der Waals surface area contributed by atoms with Crippen LogP contribution in [0.25, 0.3) is 0 Å². The minimum Gasteiger partial charge on any atom is -0.493 e. The third kappa shape index (κ3) is 1.68. The van der Waals surface area contributed by atoms with E-state index in [4.69, 9.17) is 9.47 Å². The van der Waals surface area contributed by atoms with Crippen molar-refractivity contribution in [2.75, 3.05) is 13.2 Å². The number of rotatable bonds is 2. The van der Waals surface area contributed by atoms with E-state index in [9.17, 15) is 4.79 Å². The van der Waals surface area contributed by atoms with E-state index >= 15 is 0 Å². The zero-order valence-electron chi connectivity index (χ0n) is 11.4. The topological polar surface area (TPSA) is 47.9 Å². The van der Waals surface area contributed by atoms with Gasteiger partial charge in [-0.1, -0.05) is 0 Å². The number of ether oxygens (including phenoxy) is 2. The number of benzene rings is 1. The molecule has 2 heterocycles. The van der Waals surface area contributed by atoms with E-state index in [0.29, 0.717) is 0 Å². The standard InChI is InChI=1S/C16H17NO3/c18-10-17-16(5-6-16)14-12-4-2-7-19-13(12)9-11-3-1-8-20-15(11)14/h9H,1-8H2. The second-order valence-electron chi connectivity index (χ2n) is 5.86. The summed E-state index contributed by atoms with van der Waals surface area (Å²) in [6.45, 7) is 1.52. The lowest BCUT2D eigenvalue weighted by Gasteiger charge is -2.29. The smallest absolute Gasteiger partial charge is 0.235 e. The molecule has 2 aliphatic heterocycles. The summed E-state index contributed by atoms with van der Waals surface area (Å²) in [6.07, 6.45) is 7.63. The van der Waals surface area contributed by atoms with Crippen molar-refractivity contribution >= 4 is 6.08 Å². The van der Waals surface area contributed by atoms with Crippen molar-refractivity contribution in [3.8, 4) is 11.5 Å². The van der Waals surface area contributed by atoms with Gasteiger partial charge < -0.3 is 9.47 Å². The molecule has 20 heavy (non-hydrogen) atoms. The molecule has 4 heteroatoms. The van der Waals surface area contributed by atoms with E-state index in [1.54, 1.807) is 6.08 Å². The van der Waals surface area contributed by atoms with Gasteiger partial charge in [0.25, 0.3) is 0 Å². The number of hydrogen-bond acceptors (Lipinski definition) is 4. The Kier molecular flexibility index (Phi) is 2.61. The van der Waals surface area contributed by atoms with Crippen LogP contribution in [0.1, 0.15) is 42.4 Å². The Bertz CT molecular complexity index is 578. The molecule has 0 radical (unpaired) electrons. The first-order valence-electron chi connectivity index (χ1n) is 7.38. The maximum Gasteiger partial charge on any atom is 0.235 e. The van der Waals surface area contributed by atoms with Crippen molar-refractivity contribution in [2.24, 2.45) is 4.99 Å². The van der Waals surface area contributed by atoms with E-state index in [2.05, 4.69) is 11.1 Å². The first-order chi connectivity index (χ1) is 9.84. The summed E-state index contributed by atoms with van der Waals surface area (Å²) in [5, 5.41) is 0. The summed E-state index contributed by atoms with van der Waals surface area (Å²) in [6, 6.07) is 2.13. The van der Waals surface area contributed by atoms with Crippen molar-refractivity contribution in [1.82, 2.24) is 0 Å². The summed E-state index contributed by atoms with van der Waals surface area (Å²) in [5.74, 6) is 1.94. The lowest BCUT2D eigenvalue weighted by Crippen LogP contribution is -2.20. The molecule has 4 nitrogen and oxygen atoms in total. The fourth-order valence-corrected chi connectivity index (χ4v) is 3.44. The molecule has 1 aromatic rings. The number of hydrogen-bond donors (Lipinski definition) is 0. The van der Waals surface area contributed by atoms with Gasteiger partial charge in [0.1, 0.15) is 17.0 Å². The van der Waals surface area contributed by atoms with Gasteiger partial charge in [-0.25, -0.2) is 4.79 Å². The summed E-state index contributed by atoms with van der Waals surface area (Å²) in [7, 11) is 0. The van der Waals surface area contributed by atoms with Gasteiger partial charge in [-0.05, 0) is 50.2 Å². The number of aryl methyl sites for hydroxylation is 1. The zero-order valence-corrected chi connectivity index (χ0v) is 11.4. The van der Waals surface area contributed by atoms with Crippen LogP contribution in [0.2, 0.25) is 0 Å². The van der Waals surface area contributed by atoms with Crippen LogP contribution in [0.5, 0.6) is 11.5 Å². The summed E-state index contributed by atoms with van der Waals surface area (Å²) in [4.78, 5) is 14.9. The normalized spacial score (nSPS) is 21.6. The second kappa shape index (κ2) is 4.35. The van der Waals surface area contributed by atoms with Crippen molar-refractivity contribution in [3.05, 3.63) is 22.8 Å². The molecule has 1 aromatic carbocycles. The molecule has 1 fully saturated rings. The Hall–Kier alpha value is -1.80. The zero-order chi connectivity index (χ0) is 13.6. The van der Waals surface area contributed by atoms with Crippen molar-refractivity contribution < 1.29 is 14.3 Å². The third-order valence-electron chi connectivity index (χ3n) is 4.54. The second-order valence-corrected chi connectivity index (χ2v) is 5.86. The molecule has 1 saturated carbocycles. The minimum atomic E-state index is -0.380. The van der Waals surface area contributed by atoms with E-state index in [1.165, 1.54) is 11.1 Å². The number of fused-ring (bicyclic) bond motifs is 2. The highest BCUT2D eigenvalue weighted by atomic mass is 16.5. The molecule has 0 bridgehead atoms. The van der Waals surface area contributed by atoms with Gasteiger partial charge >= 0.3 is 0 Å². The van der Waals surface area contributed by atoms with E-state index < -0.39 is 0 Å². The fourth-order valence-electron chi connectivity index (χ4n) is 3.44. The molecular formula is C16H17NO3. The third-order valence-corrected chi connectivity index (χ3v) is 4.54. The number of isocyanates is 1. The van der Waals surface area contributed by atoms with E-state index in [-0.39, 0.29) is 5.54 Å². The fraction of sp³-hybridized carbons (Fsp3) is 0.562. The van der Waals surface area contributed by atoms with Crippen molar-refractivity contribution in [2.45, 2.75) is 44.1 Å². The predicted molar refractivity (Wildman–Crippen MR) is 73.1 cm³/mol. The van der Waals surface area contributed by atoms with Crippen LogP contribution in [-0.4, -0.2) is 19.3 Å². The van der Waals surface area contributed by atoms with Gasteiger partial charge in [-0.2, -0.15) is 4.99 Å². The molecule has 4 rings (SSSR count). The maximum atomic E-state index is 10.8. The summed E-state index contributed by atoms with van der Waals surface area (Å²) in [5.41, 5.74) is 3.15. The Morgan fingerprint density at radius 1 is 1.15 bits per heavy atom. The highest BCUT2D eigenvalue weighted by molar-refractivity contribution is 5.60. The molecule has 3 aliphatic rings. The van der Waals surface area contributed by atoms with E-state index in [0.717, 1.165) is 68.8 Å². The van der Waals surface area contributed by atoms with Gasteiger partial charge in [-0.15, -0.1) is 0 Å². The molecule has 104 valence electrons. The highest BCUT2D eigenvalue weighted by Gasteiger charge is 2.50. The molecule has 0 amide bonds. The molecule has 0 saturated heterocycles. The molecule has 0 N–H and O–H groups in total. The van der Waals surface area contributed by atoms with Gasteiger partial charge in [-0.3, -0.25) is 0 Å². The number of nitrogens with zero attached hydrogens (tertiary/aromatic N) is 1. The Balaban J connectivity index is 1.96. The quantitative estimate of drug-likeness (QED) is 0.613. The number of carbonyl (C=O) groups excluding carboxylic acids is 1. The average molecular weight is 271 g/mol. The molecule has 1 aliphatic carbocycles. The van der Waals surface area contributed by atoms with E-state index in [1.807, 2.05) is 0 Å². The Labute approximate surface area is 117 Å². The van der Waals surface area contributed by atoms with Crippen LogP contribution in [0.3, 0.4) is 0 Å². The van der Waals surface area contributed by atoms with Crippen LogP contribution < -0.4 is 9.47 Å². The first kappa shape index (κ1) is 12.0. The van der Waals surface area contributed by atoms with Crippen LogP contribution in [0.15, 0.2) is 11.1 Å². The first-order valence-corrected chi connectivity index (χ1v) is 7.38. The van der Waals surface area contributed by atoms with Gasteiger partial charge in [0, 0.05) is 11.1 Å². The summed E-state index contributed by atoms with van der Waals surface area (Å²) >= 11 is 0. The predicted octanol–water partition coefficient (Wildman–Crippen LogP) is 2.66. The molecule has 0 unspecified atom stereocenters. The summed E-state index contributed by atoms with van der Waals surface area (Å²) < 4.78 is 11.8. The van der Waals surface area contributed by atoms with Crippen molar-refractivity contribution in [3.63, 3.8) is 0 Å². The lowest BCUT2D eigenvalue weighted by atomic mass is 9.88. The minimum absolute atomic E-state index is 0.380. The molecule has 0 aromatic heterocycles. The molecular weight excluding hydrogens is 254 g/mol. The Morgan fingerprint density at radius 2 is 1.95 bits per heavy atom. The lowest BCUT2D eigenvalue weighted by molar-refractivity contribution is 0.267. The molecule has 0 atom stereocenters. The van der Waals surface area contributed by atoms with Crippen molar-refractivity contribution in [1.29, 1.82) is 0 Å². The van der Waals surface area contributed by atoms with Crippen LogP contribution >= 0.6 is 0 Å². The average Bonchev–Trinajstić information content (AvgIpc) is 3.25. The van der Waals surface area contributed by atoms with Gasteiger partial charge in [0.2, 0.25) is 6.08 Å². The highest BCUT2D eigenvalue weighted by Crippen LogP contribution is 2.57. The molecule has 0 spiro atoms. The van der Waals surface area contributed by atoms with Gasteiger partial charge in [0.05, 0.1) is 13.2 Å².